The molecule has 0 saturated heterocycles. The van der Waals surface area contributed by atoms with Crippen LogP contribution in [-0.2, 0) is 0 Å². The molecule has 0 radical (unpaired) electrons. The first kappa shape index (κ1) is 11.7. The van der Waals surface area contributed by atoms with Crippen molar-refractivity contribution in [3.8, 4) is 0 Å². The third-order valence-corrected chi connectivity index (χ3v) is 3.72. The maximum absolute atomic E-state index is 9.06. The van der Waals surface area contributed by atoms with Gasteiger partial charge in [-0.05, 0) is 43.0 Å². The highest BCUT2D eigenvalue weighted by Gasteiger charge is 2.14. The second-order valence-electron chi connectivity index (χ2n) is 3.65. The average molecular weight is 258 g/mol. The largest absolute Gasteiger partial charge is 0.394 e. The Hall–Kier alpha value is -0.380. The van der Waals surface area contributed by atoms with Gasteiger partial charge in [-0.2, -0.15) is 0 Å². The first-order valence-corrected chi connectivity index (χ1v) is 5.41. The Balaban J connectivity index is 3.36. The number of rotatable bonds is 2. The molecule has 2 nitrogen and oxygen atoms in total. The molecule has 0 aliphatic heterocycles. The molecule has 14 heavy (non-hydrogen) atoms. The highest BCUT2D eigenvalue weighted by atomic mass is 79.9. The van der Waals surface area contributed by atoms with Gasteiger partial charge in [-0.1, -0.05) is 22.0 Å². The summed E-state index contributed by atoms with van der Waals surface area (Å²) in [5, 5.41) is 9.06. The number of hydrogen-bond donors (Lipinski definition) is 2. The summed E-state index contributed by atoms with van der Waals surface area (Å²) in [6.07, 6.45) is 0. The highest BCUT2D eigenvalue weighted by Crippen LogP contribution is 2.29. The molecule has 0 aromatic heterocycles. The number of aryl methyl sites for hydroxylation is 2. The lowest BCUT2D eigenvalue weighted by Gasteiger charge is -2.18. The van der Waals surface area contributed by atoms with Crippen molar-refractivity contribution in [2.24, 2.45) is 5.73 Å². The van der Waals surface area contributed by atoms with Gasteiger partial charge < -0.3 is 10.8 Å². The summed E-state index contributed by atoms with van der Waals surface area (Å²) < 4.78 is 1.09. The van der Waals surface area contributed by atoms with E-state index in [4.69, 9.17) is 10.8 Å². The van der Waals surface area contributed by atoms with E-state index in [1.807, 2.05) is 13.8 Å². The Morgan fingerprint density at radius 2 is 1.93 bits per heavy atom. The zero-order chi connectivity index (χ0) is 10.9. The molecule has 0 spiro atoms. The summed E-state index contributed by atoms with van der Waals surface area (Å²) >= 11 is 3.52. The van der Waals surface area contributed by atoms with E-state index in [9.17, 15) is 0 Å². The van der Waals surface area contributed by atoms with Crippen LogP contribution >= 0.6 is 15.9 Å². The molecule has 0 heterocycles. The lowest BCUT2D eigenvalue weighted by atomic mass is 9.95. The maximum atomic E-state index is 9.06. The van der Waals surface area contributed by atoms with Crippen molar-refractivity contribution in [3.05, 3.63) is 32.8 Å². The predicted molar refractivity (Wildman–Crippen MR) is 62.4 cm³/mol. The van der Waals surface area contributed by atoms with Crippen LogP contribution in [0.1, 0.15) is 28.3 Å². The van der Waals surface area contributed by atoms with Gasteiger partial charge in [0.2, 0.25) is 0 Å². The smallest absolute Gasteiger partial charge is 0.0624 e. The van der Waals surface area contributed by atoms with Gasteiger partial charge in [-0.25, -0.2) is 0 Å². The van der Waals surface area contributed by atoms with Crippen LogP contribution in [0, 0.1) is 20.8 Å². The van der Waals surface area contributed by atoms with Crippen molar-refractivity contribution < 1.29 is 5.11 Å². The molecular formula is C11H16BrNO. The molecule has 1 atom stereocenters. The normalized spacial score (nSPS) is 13.0. The lowest BCUT2D eigenvalue weighted by Crippen LogP contribution is -2.17. The summed E-state index contributed by atoms with van der Waals surface area (Å²) in [5.41, 5.74) is 10.4. The lowest BCUT2D eigenvalue weighted by molar-refractivity contribution is 0.267. The third-order valence-electron chi connectivity index (χ3n) is 2.50. The maximum Gasteiger partial charge on any atom is 0.0624 e. The van der Waals surface area contributed by atoms with Gasteiger partial charge >= 0.3 is 0 Å². The topological polar surface area (TPSA) is 46.2 Å². The molecule has 1 unspecified atom stereocenters. The minimum Gasteiger partial charge on any atom is -0.394 e. The van der Waals surface area contributed by atoms with Crippen molar-refractivity contribution in [1.82, 2.24) is 0 Å². The molecule has 0 aliphatic rings. The van der Waals surface area contributed by atoms with Gasteiger partial charge in [0.15, 0.2) is 0 Å². The Morgan fingerprint density at radius 1 is 1.36 bits per heavy atom. The monoisotopic (exact) mass is 257 g/mol. The summed E-state index contributed by atoms with van der Waals surface area (Å²) in [6, 6.07) is 1.80. The zero-order valence-electron chi connectivity index (χ0n) is 8.76. The molecule has 78 valence electrons. The van der Waals surface area contributed by atoms with Gasteiger partial charge in [0.05, 0.1) is 12.6 Å². The first-order valence-electron chi connectivity index (χ1n) is 4.61. The number of halogens is 1. The van der Waals surface area contributed by atoms with Crippen molar-refractivity contribution in [3.63, 3.8) is 0 Å². The minimum absolute atomic E-state index is 0.0167. The van der Waals surface area contributed by atoms with Crippen LogP contribution in [0.3, 0.4) is 0 Å². The van der Waals surface area contributed by atoms with E-state index in [0.717, 1.165) is 21.2 Å². The van der Waals surface area contributed by atoms with E-state index in [1.54, 1.807) is 0 Å². The molecule has 0 fully saturated rings. The van der Waals surface area contributed by atoms with Crippen molar-refractivity contribution in [2.75, 3.05) is 6.61 Å². The van der Waals surface area contributed by atoms with Gasteiger partial charge in [-0.15, -0.1) is 0 Å². The SMILES string of the molecule is Cc1cc(C)c(C(N)CO)c(C)c1Br. The molecule has 1 aromatic carbocycles. The van der Waals surface area contributed by atoms with Crippen LogP contribution in [0.2, 0.25) is 0 Å². The van der Waals surface area contributed by atoms with Crippen LogP contribution in [0.5, 0.6) is 0 Å². The Kier molecular flexibility index (Phi) is 3.70. The second-order valence-corrected chi connectivity index (χ2v) is 4.45. The number of aliphatic hydroxyl groups excluding tert-OH is 1. The average Bonchev–Trinajstić information content (AvgIpc) is 2.14. The van der Waals surface area contributed by atoms with Gasteiger partial charge in [-0.3, -0.25) is 0 Å². The number of nitrogens with two attached hydrogens (primary N) is 1. The van der Waals surface area contributed by atoms with Crippen LogP contribution in [0.4, 0.5) is 0 Å². The fraction of sp³-hybridized carbons (Fsp3) is 0.455. The molecule has 0 aliphatic carbocycles. The van der Waals surface area contributed by atoms with Crippen LogP contribution in [0.25, 0.3) is 0 Å². The quantitative estimate of drug-likeness (QED) is 0.855. The zero-order valence-corrected chi connectivity index (χ0v) is 10.4. The van der Waals surface area contributed by atoms with E-state index in [0.29, 0.717) is 0 Å². The number of hydrogen-bond acceptors (Lipinski definition) is 2. The molecule has 1 rings (SSSR count). The van der Waals surface area contributed by atoms with Gasteiger partial charge in [0, 0.05) is 4.47 Å². The van der Waals surface area contributed by atoms with Gasteiger partial charge in [0.1, 0.15) is 0 Å². The Morgan fingerprint density at radius 3 is 2.43 bits per heavy atom. The van der Waals surface area contributed by atoms with E-state index in [-0.39, 0.29) is 12.6 Å². The third kappa shape index (κ3) is 2.00. The second kappa shape index (κ2) is 4.43. The highest BCUT2D eigenvalue weighted by molar-refractivity contribution is 9.10. The van der Waals surface area contributed by atoms with E-state index in [2.05, 4.69) is 28.9 Å². The van der Waals surface area contributed by atoms with Crippen LogP contribution in [-0.4, -0.2) is 11.7 Å². The van der Waals surface area contributed by atoms with E-state index >= 15 is 0 Å². The Labute approximate surface area is 93.3 Å². The van der Waals surface area contributed by atoms with Crippen molar-refractivity contribution in [2.45, 2.75) is 26.8 Å². The van der Waals surface area contributed by atoms with Gasteiger partial charge in [0.25, 0.3) is 0 Å². The first-order chi connectivity index (χ1) is 6.49. The standard InChI is InChI=1S/C11H16BrNO/c1-6-4-7(2)11(12)8(3)10(6)9(13)5-14/h4,9,14H,5,13H2,1-3H3. The summed E-state index contributed by atoms with van der Waals surface area (Å²) in [5.74, 6) is 0. The number of benzene rings is 1. The Bertz CT molecular complexity index is 350. The fourth-order valence-corrected chi connectivity index (χ4v) is 2.17. The molecule has 0 saturated carbocycles. The van der Waals surface area contributed by atoms with Crippen LogP contribution < -0.4 is 5.73 Å². The molecule has 3 N–H and O–H groups in total. The molecule has 1 aromatic rings. The molecule has 0 bridgehead atoms. The van der Waals surface area contributed by atoms with Crippen molar-refractivity contribution in [1.29, 1.82) is 0 Å². The van der Waals surface area contributed by atoms with E-state index < -0.39 is 0 Å². The molecular weight excluding hydrogens is 242 g/mol. The number of aliphatic hydroxyl groups is 1. The minimum atomic E-state index is -0.285. The van der Waals surface area contributed by atoms with Crippen molar-refractivity contribution >= 4 is 15.9 Å². The summed E-state index contributed by atoms with van der Waals surface area (Å²) in [7, 11) is 0. The fourth-order valence-electron chi connectivity index (χ4n) is 1.84. The van der Waals surface area contributed by atoms with E-state index in [1.165, 1.54) is 5.56 Å². The molecule has 3 heteroatoms. The molecule has 0 amide bonds. The summed E-state index contributed by atoms with van der Waals surface area (Å²) in [6.45, 7) is 6.09. The summed E-state index contributed by atoms with van der Waals surface area (Å²) in [4.78, 5) is 0. The van der Waals surface area contributed by atoms with Crippen LogP contribution in [0.15, 0.2) is 10.5 Å². The predicted octanol–water partition coefficient (Wildman–Crippen LogP) is 2.37.